The molecule has 5 nitrogen and oxygen atoms in total. The van der Waals surface area contributed by atoms with Crippen LogP contribution in [0.1, 0.15) is 22.7 Å². The van der Waals surface area contributed by atoms with Gasteiger partial charge in [0, 0.05) is 24.2 Å². The molecule has 0 saturated carbocycles. The Morgan fingerprint density at radius 2 is 1.90 bits per heavy atom. The third kappa shape index (κ3) is 2.84. The molecule has 2 aromatic heterocycles. The summed E-state index contributed by atoms with van der Waals surface area (Å²) in [4.78, 5) is 4.22. The van der Waals surface area contributed by atoms with Gasteiger partial charge in [-0.15, -0.1) is 0 Å². The van der Waals surface area contributed by atoms with Gasteiger partial charge in [0.1, 0.15) is 0 Å². The van der Waals surface area contributed by atoms with E-state index in [0.29, 0.717) is 0 Å². The zero-order chi connectivity index (χ0) is 14.7. The van der Waals surface area contributed by atoms with Crippen LogP contribution in [0.25, 0.3) is 5.69 Å². The molecule has 0 saturated heterocycles. The van der Waals surface area contributed by atoms with E-state index in [1.54, 1.807) is 0 Å². The Hall–Kier alpha value is -2.50. The van der Waals surface area contributed by atoms with E-state index in [2.05, 4.69) is 21.6 Å². The van der Waals surface area contributed by atoms with Gasteiger partial charge < -0.3 is 0 Å². The lowest BCUT2D eigenvalue weighted by Crippen LogP contribution is -2.28. The number of hydrogen-bond donors (Lipinski definition) is 2. The lowest BCUT2D eigenvalue weighted by atomic mass is 10.0. The van der Waals surface area contributed by atoms with Crippen LogP contribution in [-0.4, -0.2) is 14.8 Å². The molecule has 0 radical (unpaired) electrons. The van der Waals surface area contributed by atoms with Crippen molar-refractivity contribution in [2.45, 2.75) is 13.0 Å². The summed E-state index contributed by atoms with van der Waals surface area (Å²) in [5.74, 6) is 5.72. The molecule has 3 N–H and O–H groups in total. The molecule has 1 unspecified atom stereocenters. The third-order valence-electron chi connectivity index (χ3n) is 3.35. The van der Waals surface area contributed by atoms with Gasteiger partial charge in [-0.3, -0.25) is 10.8 Å². The molecule has 0 spiro atoms. The van der Waals surface area contributed by atoms with E-state index in [1.165, 1.54) is 0 Å². The average Bonchev–Trinajstić information content (AvgIpc) is 2.99. The molecular weight excluding hydrogens is 262 g/mol. The molecule has 0 bridgehead atoms. The molecule has 0 aliphatic heterocycles. The zero-order valence-corrected chi connectivity index (χ0v) is 11.8. The number of aromatic nitrogens is 3. The highest BCUT2D eigenvalue weighted by Gasteiger charge is 2.15. The lowest BCUT2D eigenvalue weighted by Gasteiger charge is -2.14. The molecule has 5 heteroatoms. The minimum absolute atomic E-state index is 0.130. The Morgan fingerprint density at radius 3 is 2.62 bits per heavy atom. The topological polar surface area (TPSA) is 68.8 Å². The van der Waals surface area contributed by atoms with Crippen LogP contribution >= 0.6 is 0 Å². The van der Waals surface area contributed by atoms with E-state index in [-0.39, 0.29) is 6.04 Å². The molecule has 3 rings (SSSR count). The SMILES string of the molecule is Cc1cncc(C(NN)c2cnn(-c3ccccc3)c2)c1. The van der Waals surface area contributed by atoms with Gasteiger partial charge in [0.15, 0.2) is 0 Å². The zero-order valence-electron chi connectivity index (χ0n) is 11.8. The first-order chi connectivity index (χ1) is 10.3. The molecule has 0 fully saturated rings. The normalized spacial score (nSPS) is 12.3. The van der Waals surface area contributed by atoms with Crippen LogP contribution in [0.4, 0.5) is 0 Å². The number of aryl methyl sites for hydroxylation is 1. The van der Waals surface area contributed by atoms with Crippen LogP contribution in [0.15, 0.2) is 61.2 Å². The maximum absolute atomic E-state index is 5.72. The quantitative estimate of drug-likeness (QED) is 0.567. The van der Waals surface area contributed by atoms with Gasteiger partial charge in [-0.05, 0) is 30.2 Å². The minimum atomic E-state index is -0.130. The number of nitrogens with two attached hydrogens (primary N) is 1. The van der Waals surface area contributed by atoms with Gasteiger partial charge in [0.05, 0.1) is 17.9 Å². The van der Waals surface area contributed by atoms with E-state index in [0.717, 1.165) is 22.4 Å². The van der Waals surface area contributed by atoms with Crippen molar-refractivity contribution in [3.63, 3.8) is 0 Å². The van der Waals surface area contributed by atoms with Gasteiger partial charge in [-0.25, -0.2) is 10.1 Å². The van der Waals surface area contributed by atoms with E-state index in [1.807, 2.05) is 66.7 Å². The maximum Gasteiger partial charge on any atom is 0.0755 e. The van der Waals surface area contributed by atoms with Crippen molar-refractivity contribution in [3.05, 3.63) is 77.9 Å². The second-order valence-corrected chi connectivity index (χ2v) is 4.95. The number of benzene rings is 1. The summed E-state index contributed by atoms with van der Waals surface area (Å²) in [5, 5.41) is 4.40. The van der Waals surface area contributed by atoms with Gasteiger partial charge >= 0.3 is 0 Å². The molecule has 21 heavy (non-hydrogen) atoms. The number of nitrogens with one attached hydrogen (secondary N) is 1. The van der Waals surface area contributed by atoms with Crippen LogP contribution in [0.5, 0.6) is 0 Å². The highest BCUT2D eigenvalue weighted by molar-refractivity contribution is 5.34. The van der Waals surface area contributed by atoms with Gasteiger partial charge in [-0.1, -0.05) is 24.3 Å². The van der Waals surface area contributed by atoms with Crippen molar-refractivity contribution in [2.75, 3.05) is 0 Å². The minimum Gasteiger partial charge on any atom is -0.271 e. The first-order valence-corrected chi connectivity index (χ1v) is 6.75. The van der Waals surface area contributed by atoms with Crippen LogP contribution in [0.3, 0.4) is 0 Å². The number of pyridine rings is 1. The smallest absolute Gasteiger partial charge is 0.0755 e. The molecule has 1 atom stereocenters. The molecule has 0 amide bonds. The van der Waals surface area contributed by atoms with Crippen LogP contribution in [0, 0.1) is 6.92 Å². The molecule has 0 aliphatic rings. The van der Waals surface area contributed by atoms with Gasteiger partial charge in [0.25, 0.3) is 0 Å². The Morgan fingerprint density at radius 1 is 1.10 bits per heavy atom. The molecule has 2 heterocycles. The summed E-state index contributed by atoms with van der Waals surface area (Å²) in [6.07, 6.45) is 7.43. The summed E-state index contributed by atoms with van der Waals surface area (Å²) >= 11 is 0. The van der Waals surface area contributed by atoms with Gasteiger partial charge in [0.2, 0.25) is 0 Å². The number of hydrazine groups is 1. The fourth-order valence-electron chi connectivity index (χ4n) is 2.33. The number of rotatable bonds is 4. The molecule has 3 aromatic rings. The van der Waals surface area contributed by atoms with Crippen molar-refractivity contribution in [3.8, 4) is 5.69 Å². The van der Waals surface area contributed by atoms with E-state index >= 15 is 0 Å². The fraction of sp³-hybridized carbons (Fsp3) is 0.125. The van der Waals surface area contributed by atoms with Crippen LogP contribution in [0.2, 0.25) is 0 Å². The summed E-state index contributed by atoms with van der Waals surface area (Å²) in [5.41, 5.74) is 6.96. The average molecular weight is 279 g/mol. The largest absolute Gasteiger partial charge is 0.271 e. The van der Waals surface area contributed by atoms with Crippen molar-refractivity contribution in [1.29, 1.82) is 0 Å². The highest BCUT2D eigenvalue weighted by Crippen LogP contribution is 2.21. The van der Waals surface area contributed by atoms with E-state index in [4.69, 9.17) is 5.84 Å². The lowest BCUT2D eigenvalue weighted by molar-refractivity contribution is 0.634. The van der Waals surface area contributed by atoms with Crippen molar-refractivity contribution < 1.29 is 0 Å². The van der Waals surface area contributed by atoms with E-state index in [9.17, 15) is 0 Å². The second-order valence-electron chi connectivity index (χ2n) is 4.95. The fourth-order valence-corrected chi connectivity index (χ4v) is 2.33. The maximum atomic E-state index is 5.72. The van der Waals surface area contributed by atoms with Crippen molar-refractivity contribution in [1.82, 2.24) is 20.2 Å². The Balaban J connectivity index is 1.94. The summed E-state index contributed by atoms with van der Waals surface area (Å²) in [7, 11) is 0. The summed E-state index contributed by atoms with van der Waals surface area (Å²) in [6.45, 7) is 2.01. The van der Waals surface area contributed by atoms with Crippen molar-refractivity contribution in [2.24, 2.45) is 5.84 Å². The molecule has 0 aliphatic carbocycles. The van der Waals surface area contributed by atoms with Crippen LogP contribution in [-0.2, 0) is 0 Å². The number of hydrogen-bond acceptors (Lipinski definition) is 4. The Kier molecular flexibility index (Phi) is 3.77. The predicted molar refractivity (Wildman–Crippen MR) is 81.7 cm³/mol. The molecule has 1 aromatic carbocycles. The first-order valence-electron chi connectivity index (χ1n) is 6.75. The highest BCUT2D eigenvalue weighted by atomic mass is 15.3. The monoisotopic (exact) mass is 279 g/mol. The van der Waals surface area contributed by atoms with E-state index < -0.39 is 0 Å². The first kappa shape index (κ1) is 13.5. The van der Waals surface area contributed by atoms with Crippen LogP contribution < -0.4 is 11.3 Å². The summed E-state index contributed by atoms with van der Waals surface area (Å²) < 4.78 is 1.84. The standard InChI is InChI=1S/C16H17N5/c1-12-7-13(9-18-8-12)16(20-17)14-10-19-21(11-14)15-5-3-2-4-6-15/h2-11,16,20H,17H2,1H3. The van der Waals surface area contributed by atoms with Crippen molar-refractivity contribution >= 4 is 0 Å². The number of para-hydroxylation sites is 1. The molecule has 106 valence electrons. The van der Waals surface area contributed by atoms with Gasteiger partial charge in [-0.2, -0.15) is 5.10 Å². The summed E-state index contributed by atoms with van der Waals surface area (Å²) in [6, 6.07) is 11.9. The predicted octanol–water partition coefficient (Wildman–Crippen LogP) is 2.13. The second kappa shape index (κ2) is 5.87. The third-order valence-corrected chi connectivity index (χ3v) is 3.35. The number of nitrogens with zero attached hydrogens (tertiary/aromatic N) is 3. The Bertz CT molecular complexity index is 720. The molecular formula is C16H17N5. The Labute approximate surface area is 123 Å².